The number of aromatic nitrogens is 3. The summed E-state index contributed by atoms with van der Waals surface area (Å²) < 4.78 is 39.9. The summed E-state index contributed by atoms with van der Waals surface area (Å²) in [5.74, 6) is -0.143. The first-order valence-corrected chi connectivity index (χ1v) is 11.3. The van der Waals surface area contributed by atoms with Gasteiger partial charge in [0.05, 0.1) is 29.2 Å². The number of benzene rings is 1. The molecule has 1 aromatic carbocycles. The van der Waals surface area contributed by atoms with E-state index in [0.717, 1.165) is 44.6 Å². The van der Waals surface area contributed by atoms with E-state index in [9.17, 15) is 18.0 Å². The van der Waals surface area contributed by atoms with Gasteiger partial charge in [0, 0.05) is 17.6 Å². The molecule has 0 aliphatic rings. The first-order valence-electron chi connectivity index (χ1n) is 11.3. The molecule has 34 heavy (non-hydrogen) atoms. The van der Waals surface area contributed by atoms with Crippen LogP contribution in [0.3, 0.4) is 0 Å². The van der Waals surface area contributed by atoms with Crippen molar-refractivity contribution in [2.24, 2.45) is 0 Å². The highest BCUT2D eigenvalue weighted by Gasteiger charge is 2.31. The average Bonchev–Trinajstić information content (AvgIpc) is 2.81. The summed E-state index contributed by atoms with van der Waals surface area (Å²) in [6, 6.07) is 5.09. The van der Waals surface area contributed by atoms with E-state index in [2.05, 4.69) is 51.3 Å². The van der Waals surface area contributed by atoms with E-state index in [4.69, 9.17) is 0 Å². The average molecular weight is 475 g/mol. The Balaban J connectivity index is 1.66. The molecular formula is C24H29F3N6O. The van der Waals surface area contributed by atoms with Crippen LogP contribution in [0.1, 0.15) is 49.7 Å². The fraction of sp³-hybridized carbons (Fsp3) is 0.417. The quantitative estimate of drug-likeness (QED) is 0.419. The molecule has 10 heteroatoms. The van der Waals surface area contributed by atoms with Gasteiger partial charge in [0.15, 0.2) is 0 Å². The zero-order valence-corrected chi connectivity index (χ0v) is 19.5. The van der Waals surface area contributed by atoms with Crippen LogP contribution in [0.2, 0.25) is 0 Å². The third kappa shape index (κ3) is 6.63. The second-order valence-electron chi connectivity index (χ2n) is 8.05. The molecule has 1 unspecified atom stereocenters. The number of nitrogens with one attached hydrogen (secondary N) is 2. The van der Waals surface area contributed by atoms with Crippen LogP contribution in [0.25, 0.3) is 10.9 Å². The Morgan fingerprint density at radius 3 is 2.53 bits per heavy atom. The number of fused-ring (bicyclic) bond motifs is 1. The monoisotopic (exact) mass is 474 g/mol. The summed E-state index contributed by atoms with van der Waals surface area (Å²) >= 11 is 0. The van der Waals surface area contributed by atoms with E-state index in [1.807, 2.05) is 0 Å². The van der Waals surface area contributed by atoms with Gasteiger partial charge in [-0.1, -0.05) is 19.9 Å². The topological polar surface area (TPSA) is 83.0 Å². The zero-order valence-electron chi connectivity index (χ0n) is 19.5. The van der Waals surface area contributed by atoms with Gasteiger partial charge in [-0.3, -0.25) is 9.78 Å². The van der Waals surface area contributed by atoms with Crippen LogP contribution in [0.15, 0.2) is 42.9 Å². The van der Waals surface area contributed by atoms with Gasteiger partial charge in [0.2, 0.25) is 0 Å². The van der Waals surface area contributed by atoms with Crippen LogP contribution in [-0.2, 0) is 6.18 Å². The summed E-state index contributed by atoms with van der Waals surface area (Å²) in [4.78, 5) is 27.5. The minimum atomic E-state index is -4.56. The molecule has 0 saturated heterocycles. The number of hydrogen-bond donors (Lipinski definition) is 2. The van der Waals surface area contributed by atoms with Crippen LogP contribution < -0.4 is 10.6 Å². The molecule has 0 radical (unpaired) electrons. The molecule has 182 valence electrons. The molecule has 0 aliphatic carbocycles. The summed E-state index contributed by atoms with van der Waals surface area (Å²) in [5, 5.41) is 6.02. The molecule has 3 rings (SSSR count). The molecule has 3 aromatic rings. The molecule has 0 saturated carbocycles. The zero-order chi connectivity index (χ0) is 24.7. The minimum Gasteiger partial charge on any atom is -0.366 e. The molecule has 2 N–H and O–H groups in total. The third-order valence-electron chi connectivity index (χ3n) is 5.57. The number of carbonyl (C=O) groups is 1. The molecule has 2 aromatic heterocycles. The van der Waals surface area contributed by atoms with Crippen molar-refractivity contribution in [1.29, 1.82) is 0 Å². The van der Waals surface area contributed by atoms with Crippen molar-refractivity contribution >= 4 is 28.3 Å². The number of hydrogen-bond acceptors (Lipinski definition) is 6. The Morgan fingerprint density at radius 2 is 1.88 bits per heavy atom. The van der Waals surface area contributed by atoms with Crippen LogP contribution in [0.4, 0.5) is 24.7 Å². The van der Waals surface area contributed by atoms with E-state index < -0.39 is 17.6 Å². The Kier molecular flexibility index (Phi) is 8.38. The maximum atomic E-state index is 13.3. The summed E-state index contributed by atoms with van der Waals surface area (Å²) in [5.41, 5.74) is -0.667. The number of nitrogens with zero attached hydrogens (tertiary/aromatic N) is 4. The summed E-state index contributed by atoms with van der Waals surface area (Å²) in [7, 11) is 0. The SMILES string of the molecule is CCN(CC)CCCC(C)Nc1cnc(C(=O)Nc2cc(C(F)(F)F)cc3cccnc23)cn1. The van der Waals surface area contributed by atoms with Gasteiger partial charge >= 0.3 is 6.18 Å². The highest BCUT2D eigenvalue weighted by Crippen LogP contribution is 2.34. The van der Waals surface area contributed by atoms with Gasteiger partial charge < -0.3 is 15.5 Å². The number of anilines is 2. The number of amides is 1. The third-order valence-corrected chi connectivity index (χ3v) is 5.57. The predicted molar refractivity (Wildman–Crippen MR) is 127 cm³/mol. The van der Waals surface area contributed by atoms with E-state index in [-0.39, 0.29) is 28.3 Å². The van der Waals surface area contributed by atoms with Crippen molar-refractivity contribution in [2.75, 3.05) is 30.3 Å². The lowest BCUT2D eigenvalue weighted by molar-refractivity contribution is -0.137. The molecule has 0 aliphatic heterocycles. The summed E-state index contributed by atoms with van der Waals surface area (Å²) in [6.45, 7) is 9.42. The van der Waals surface area contributed by atoms with Crippen molar-refractivity contribution in [2.45, 2.75) is 45.8 Å². The fourth-order valence-corrected chi connectivity index (χ4v) is 3.64. The second kappa shape index (κ2) is 11.2. The van der Waals surface area contributed by atoms with Gasteiger partial charge in [-0.15, -0.1) is 0 Å². The minimum absolute atomic E-state index is 0.0128. The van der Waals surface area contributed by atoms with Crippen molar-refractivity contribution in [3.8, 4) is 0 Å². The number of carbonyl (C=O) groups excluding carboxylic acids is 1. The Morgan fingerprint density at radius 1 is 1.12 bits per heavy atom. The van der Waals surface area contributed by atoms with Gasteiger partial charge in [0.25, 0.3) is 5.91 Å². The van der Waals surface area contributed by atoms with E-state index in [1.54, 1.807) is 0 Å². The molecule has 2 heterocycles. The van der Waals surface area contributed by atoms with Crippen molar-refractivity contribution in [3.63, 3.8) is 0 Å². The normalized spacial score (nSPS) is 12.7. The molecule has 1 atom stereocenters. The Hall–Kier alpha value is -3.27. The van der Waals surface area contributed by atoms with Crippen LogP contribution in [0, 0.1) is 0 Å². The smallest absolute Gasteiger partial charge is 0.366 e. The van der Waals surface area contributed by atoms with Crippen LogP contribution in [0.5, 0.6) is 0 Å². The van der Waals surface area contributed by atoms with Crippen LogP contribution >= 0.6 is 0 Å². The lowest BCUT2D eigenvalue weighted by Gasteiger charge is -2.20. The Bertz CT molecular complexity index is 1100. The first-order chi connectivity index (χ1) is 16.2. The largest absolute Gasteiger partial charge is 0.416 e. The molecule has 0 fully saturated rings. The van der Waals surface area contributed by atoms with Crippen molar-refractivity contribution in [1.82, 2.24) is 19.9 Å². The van der Waals surface area contributed by atoms with Gasteiger partial charge in [-0.25, -0.2) is 9.97 Å². The predicted octanol–water partition coefficient (Wildman–Crippen LogP) is 5.22. The van der Waals surface area contributed by atoms with E-state index in [1.165, 1.54) is 30.7 Å². The molecule has 7 nitrogen and oxygen atoms in total. The van der Waals surface area contributed by atoms with Gasteiger partial charge in [-0.05, 0) is 57.6 Å². The molecule has 0 bridgehead atoms. The fourth-order valence-electron chi connectivity index (χ4n) is 3.64. The number of pyridine rings is 1. The van der Waals surface area contributed by atoms with Crippen molar-refractivity contribution < 1.29 is 18.0 Å². The van der Waals surface area contributed by atoms with Gasteiger partial charge in [0.1, 0.15) is 11.5 Å². The summed E-state index contributed by atoms with van der Waals surface area (Å²) in [6.07, 6.45) is 1.63. The van der Waals surface area contributed by atoms with Crippen molar-refractivity contribution in [3.05, 3.63) is 54.1 Å². The number of rotatable bonds is 10. The maximum absolute atomic E-state index is 13.3. The first kappa shape index (κ1) is 25.4. The number of alkyl halides is 3. The second-order valence-corrected chi connectivity index (χ2v) is 8.05. The standard InChI is InChI=1S/C24H29F3N6O/c1-4-33(5-2)11-7-8-16(3)31-21-15-29-20(14-30-21)23(34)32-19-13-18(24(25,26)27)12-17-9-6-10-28-22(17)19/h6,9-10,12-16H,4-5,7-8,11H2,1-3H3,(H,30,31)(H,32,34). The van der Waals surface area contributed by atoms with E-state index in [0.29, 0.717) is 5.82 Å². The molecule has 0 spiro atoms. The molecule has 1 amide bonds. The highest BCUT2D eigenvalue weighted by molar-refractivity contribution is 6.07. The lowest BCUT2D eigenvalue weighted by Crippen LogP contribution is -2.25. The molecular weight excluding hydrogens is 445 g/mol. The van der Waals surface area contributed by atoms with Crippen LogP contribution in [-0.4, -0.2) is 51.4 Å². The van der Waals surface area contributed by atoms with E-state index >= 15 is 0 Å². The highest BCUT2D eigenvalue weighted by atomic mass is 19.4. The Labute approximate surface area is 196 Å². The lowest BCUT2D eigenvalue weighted by atomic mass is 10.1. The maximum Gasteiger partial charge on any atom is 0.416 e. The van der Waals surface area contributed by atoms with Gasteiger partial charge in [-0.2, -0.15) is 13.2 Å². The number of halogens is 3.